The molecule has 3 aromatic rings. The summed E-state index contributed by atoms with van der Waals surface area (Å²) in [7, 11) is 1.72. The van der Waals surface area contributed by atoms with Crippen LogP contribution in [0.3, 0.4) is 0 Å². The molecule has 8 heteroatoms. The molecule has 0 saturated carbocycles. The lowest BCUT2D eigenvalue weighted by atomic mass is 10.1. The van der Waals surface area contributed by atoms with Crippen LogP contribution in [0.4, 0.5) is 11.4 Å². The number of carbonyl (C=O) groups excluding carboxylic acids is 3. The molecule has 0 unspecified atom stereocenters. The highest BCUT2D eigenvalue weighted by atomic mass is 35.5. The van der Waals surface area contributed by atoms with Crippen LogP contribution in [0.1, 0.15) is 33.2 Å². The summed E-state index contributed by atoms with van der Waals surface area (Å²) in [5.41, 5.74) is 2.82. The number of nitrogens with one attached hydrogen (secondary N) is 2. The van der Waals surface area contributed by atoms with Crippen LogP contribution >= 0.6 is 23.2 Å². The first-order chi connectivity index (χ1) is 15.2. The average molecular weight is 470 g/mol. The maximum atomic E-state index is 12.6. The third kappa shape index (κ3) is 6.33. The highest BCUT2D eigenvalue weighted by molar-refractivity contribution is 6.35. The molecule has 3 aromatic carbocycles. The summed E-state index contributed by atoms with van der Waals surface area (Å²) < 4.78 is 0. The molecule has 0 aliphatic carbocycles. The van der Waals surface area contributed by atoms with Gasteiger partial charge in [-0.25, -0.2) is 0 Å². The monoisotopic (exact) mass is 469 g/mol. The molecule has 164 valence electrons. The van der Waals surface area contributed by atoms with E-state index in [1.54, 1.807) is 48.3 Å². The van der Waals surface area contributed by atoms with Crippen molar-refractivity contribution in [1.82, 2.24) is 4.90 Å². The smallest absolute Gasteiger partial charge is 0.255 e. The van der Waals surface area contributed by atoms with Gasteiger partial charge in [0.2, 0.25) is 5.91 Å². The molecule has 3 rings (SSSR count). The summed E-state index contributed by atoms with van der Waals surface area (Å²) in [4.78, 5) is 38.0. The van der Waals surface area contributed by atoms with E-state index in [0.717, 1.165) is 5.56 Å². The lowest BCUT2D eigenvalue weighted by Crippen LogP contribution is -2.23. The third-order valence-electron chi connectivity index (χ3n) is 4.67. The van der Waals surface area contributed by atoms with Gasteiger partial charge in [-0.1, -0.05) is 35.3 Å². The number of benzene rings is 3. The van der Waals surface area contributed by atoms with E-state index >= 15 is 0 Å². The van der Waals surface area contributed by atoms with Crippen LogP contribution in [-0.2, 0) is 11.3 Å². The number of carbonyl (C=O) groups is 3. The second-order valence-electron chi connectivity index (χ2n) is 7.22. The van der Waals surface area contributed by atoms with E-state index < -0.39 is 0 Å². The zero-order valence-corrected chi connectivity index (χ0v) is 19.0. The molecule has 0 bridgehead atoms. The lowest BCUT2D eigenvalue weighted by molar-refractivity contribution is -0.128. The van der Waals surface area contributed by atoms with Crippen LogP contribution in [-0.4, -0.2) is 29.7 Å². The van der Waals surface area contributed by atoms with Crippen LogP contribution in [0.25, 0.3) is 0 Å². The van der Waals surface area contributed by atoms with E-state index in [2.05, 4.69) is 10.6 Å². The van der Waals surface area contributed by atoms with E-state index in [-0.39, 0.29) is 17.7 Å². The van der Waals surface area contributed by atoms with Gasteiger partial charge >= 0.3 is 0 Å². The highest BCUT2D eigenvalue weighted by Gasteiger charge is 2.11. The van der Waals surface area contributed by atoms with Crippen LogP contribution in [0.5, 0.6) is 0 Å². The Labute approximate surface area is 196 Å². The Hall–Kier alpha value is -3.35. The molecule has 2 N–H and O–H groups in total. The second-order valence-corrected chi connectivity index (χ2v) is 8.09. The summed E-state index contributed by atoms with van der Waals surface area (Å²) in [6.07, 6.45) is 0. The minimum Gasteiger partial charge on any atom is -0.342 e. The van der Waals surface area contributed by atoms with E-state index in [4.69, 9.17) is 23.2 Å². The van der Waals surface area contributed by atoms with Crippen molar-refractivity contribution in [3.8, 4) is 0 Å². The van der Waals surface area contributed by atoms with Crippen molar-refractivity contribution in [3.05, 3.63) is 93.5 Å². The largest absolute Gasteiger partial charge is 0.342 e. The van der Waals surface area contributed by atoms with Gasteiger partial charge in [0.1, 0.15) is 0 Å². The van der Waals surface area contributed by atoms with Crippen molar-refractivity contribution in [2.75, 3.05) is 17.7 Å². The molecule has 0 heterocycles. The average Bonchev–Trinajstić information content (AvgIpc) is 2.73. The molecular weight excluding hydrogens is 449 g/mol. The number of hydrogen-bond donors (Lipinski definition) is 2. The summed E-state index contributed by atoms with van der Waals surface area (Å²) in [6.45, 7) is 1.95. The highest BCUT2D eigenvalue weighted by Crippen LogP contribution is 2.21. The quantitative estimate of drug-likeness (QED) is 0.501. The van der Waals surface area contributed by atoms with E-state index in [1.807, 2.05) is 18.2 Å². The minimum atomic E-state index is -0.362. The number of rotatable bonds is 6. The first kappa shape index (κ1) is 23.3. The molecule has 0 fully saturated rings. The Morgan fingerprint density at radius 3 is 2.00 bits per heavy atom. The third-order valence-corrected chi connectivity index (χ3v) is 5.11. The molecule has 6 nitrogen and oxygen atoms in total. The fourth-order valence-corrected chi connectivity index (χ4v) is 3.46. The summed E-state index contributed by atoms with van der Waals surface area (Å²) in [5.74, 6) is -0.689. The van der Waals surface area contributed by atoms with Gasteiger partial charge in [0, 0.05) is 53.1 Å². The molecule has 3 amide bonds. The molecule has 0 saturated heterocycles. The molecule has 0 radical (unpaired) electrons. The van der Waals surface area contributed by atoms with Gasteiger partial charge in [0.15, 0.2) is 0 Å². The zero-order chi connectivity index (χ0) is 23.3. The van der Waals surface area contributed by atoms with E-state index in [9.17, 15) is 14.4 Å². The summed E-state index contributed by atoms with van der Waals surface area (Å²) in [5, 5.41) is 6.32. The minimum absolute atomic E-state index is 0.0370. The fourth-order valence-electron chi connectivity index (χ4n) is 2.93. The summed E-state index contributed by atoms with van der Waals surface area (Å²) >= 11 is 11.9. The van der Waals surface area contributed by atoms with Crippen LogP contribution in [0, 0.1) is 0 Å². The predicted octanol–water partition coefficient (Wildman–Crippen LogP) is 5.48. The van der Waals surface area contributed by atoms with Gasteiger partial charge in [0.05, 0.1) is 0 Å². The van der Waals surface area contributed by atoms with Crippen molar-refractivity contribution in [2.45, 2.75) is 13.5 Å². The summed E-state index contributed by atoms with van der Waals surface area (Å²) in [6, 6.07) is 18.4. The molecule has 0 spiro atoms. The van der Waals surface area contributed by atoms with Gasteiger partial charge in [-0.05, 0) is 60.2 Å². The Morgan fingerprint density at radius 1 is 0.781 bits per heavy atom. The standard InChI is InChI=1S/C24H21Cl2N3O3/c1-15(30)29(2)14-16-4-3-5-22(10-16)28-23(31)17-6-8-21(9-7-17)27-24(32)18-11-19(25)13-20(26)12-18/h3-13H,14H2,1-2H3,(H,27,32)(H,28,31). The maximum Gasteiger partial charge on any atom is 0.255 e. The molecule has 0 aromatic heterocycles. The molecule has 32 heavy (non-hydrogen) atoms. The Balaban J connectivity index is 1.64. The first-order valence-corrected chi connectivity index (χ1v) is 10.5. The number of halogens is 2. The second kappa shape index (κ2) is 10.3. The van der Waals surface area contributed by atoms with Crippen LogP contribution in [0.15, 0.2) is 66.7 Å². The first-order valence-electron chi connectivity index (χ1n) is 9.71. The fraction of sp³-hybridized carbons (Fsp3) is 0.125. The van der Waals surface area contributed by atoms with Gasteiger partial charge in [-0.2, -0.15) is 0 Å². The van der Waals surface area contributed by atoms with Crippen LogP contribution in [0.2, 0.25) is 10.0 Å². The number of hydrogen-bond acceptors (Lipinski definition) is 3. The number of anilines is 2. The SMILES string of the molecule is CC(=O)N(C)Cc1cccc(NC(=O)c2ccc(NC(=O)c3cc(Cl)cc(Cl)c3)cc2)c1. The predicted molar refractivity (Wildman–Crippen MR) is 127 cm³/mol. The number of amides is 3. The van der Waals surface area contributed by atoms with Crippen molar-refractivity contribution < 1.29 is 14.4 Å². The van der Waals surface area contributed by atoms with E-state index in [0.29, 0.717) is 39.1 Å². The van der Waals surface area contributed by atoms with Gasteiger partial charge in [0.25, 0.3) is 11.8 Å². The number of nitrogens with zero attached hydrogens (tertiary/aromatic N) is 1. The van der Waals surface area contributed by atoms with Crippen molar-refractivity contribution in [3.63, 3.8) is 0 Å². The molecule has 0 atom stereocenters. The Kier molecular flexibility index (Phi) is 7.51. The molecule has 0 aliphatic heterocycles. The zero-order valence-electron chi connectivity index (χ0n) is 17.5. The van der Waals surface area contributed by atoms with Gasteiger partial charge < -0.3 is 15.5 Å². The van der Waals surface area contributed by atoms with Crippen molar-refractivity contribution in [1.29, 1.82) is 0 Å². The van der Waals surface area contributed by atoms with Crippen LogP contribution < -0.4 is 10.6 Å². The van der Waals surface area contributed by atoms with E-state index in [1.165, 1.54) is 19.1 Å². The normalized spacial score (nSPS) is 10.4. The lowest BCUT2D eigenvalue weighted by Gasteiger charge is -2.15. The van der Waals surface area contributed by atoms with Gasteiger partial charge in [-0.3, -0.25) is 14.4 Å². The van der Waals surface area contributed by atoms with Crippen molar-refractivity contribution in [2.24, 2.45) is 0 Å². The Bertz CT molecular complexity index is 1140. The topological polar surface area (TPSA) is 78.5 Å². The molecule has 0 aliphatic rings. The Morgan fingerprint density at radius 2 is 1.38 bits per heavy atom. The molecular formula is C24H21Cl2N3O3. The van der Waals surface area contributed by atoms with Gasteiger partial charge in [-0.15, -0.1) is 0 Å². The van der Waals surface area contributed by atoms with Crippen molar-refractivity contribution >= 4 is 52.3 Å². The maximum absolute atomic E-state index is 12.6.